The van der Waals surface area contributed by atoms with E-state index in [4.69, 9.17) is 28.9 Å². The van der Waals surface area contributed by atoms with Crippen molar-refractivity contribution in [3.8, 4) is 0 Å². The molecule has 0 N–H and O–H groups in total. The monoisotopic (exact) mass is 400 g/mol. The third-order valence-electron chi connectivity index (χ3n) is 3.04. The molecular formula is C16H32O8Ti. The number of carbonyl (C=O) groups excluding carboxylic acids is 1. The van der Waals surface area contributed by atoms with Gasteiger partial charge in [-0.05, 0) is 0 Å². The average molecular weight is 400 g/mol. The van der Waals surface area contributed by atoms with Crippen molar-refractivity contribution in [1.29, 1.82) is 0 Å². The Hall–Kier alpha value is -0.316. The predicted octanol–water partition coefficient (Wildman–Crippen LogP) is 1.80. The Morgan fingerprint density at radius 1 is 0.800 bits per heavy atom. The summed E-state index contributed by atoms with van der Waals surface area (Å²) in [5.74, 6) is -0.404. The molecule has 8 nitrogen and oxygen atoms in total. The minimum atomic E-state index is -3.55. The van der Waals surface area contributed by atoms with Gasteiger partial charge in [0, 0.05) is 0 Å². The van der Waals surface area contributed by atoms with Gasteiger partial charge in [0.05, 0.1) is 0 Å². The first-order valence-electron chi connectivity index (χ1n) is 8.22. The first-order valence-corrected chi connectivity index (χ1v) is 11.2. The van der Waals surface area contributed by atoms with E-state index in [-0.39, 0.29) is 6.61 Å². The fourth-order valence-electron chi connectivity index (χ4n) is 1.76. The second kappa shape index (κ2) is 15.9. The van der Waals surface area contributed by atoms with E-state index in [9.17, 15) is 4.79 Å². The summed E-state index contributed by atoms with van der Waals surface area (Å²) in [6.45, 7) is 7.88. The van der Waals surface area contributed by atoms with Crippen molar-refractivity contribution in [2.75, 3.05) is 67.6 Å². The van der Waals surface area contributed by atoms with Gasteiger partial charge in [-0.25, -0.2) is 0 Å². The predicted molar refractivity (Wildman–Crippen MR) is 88.7 cm³/mol. The quantitative estimate of drug-likeness (QED) is 0.158. The number of hydrogen-bond acceptors (Lipinski definition) is 8. The van der Waals surface area contributed by atoms with E-state index >= 15 is 0 Å². The van der Waals surface area contributed by atoms with Crippen molar-refractivity contribution in [2.24, 2.45) is 0 Å². The van der Waals surface area contributed by atoms with Gasteiger partial charge in [-0.1, -0.05) is 0 Å². The molecule has 0 fully saturated rings. The standard InChI is InChI=1S/C7H11O2.3C3H7O2.Ti/c1-4-5-9-7(8)6(2)3;3*1-5-3-2-4;/h1-2,4-5H2,3H3;3*2-3H2,1H3;/q;3*-1;+3. The summed E-state index contributed by atoms with van der Waals surface area (Å²) in [5, 5.41) is 0. The molecule has 25 heavy (non-hydrogen) atoms. The van der Waals surface area contributed by atoms with Crippen LogP contribution in [0, 0.1) is 0 Å². The molecule has 0 aromatic rings. The molecule has 0 aliphatic heterocycles. The van der Waals surface area contributed by atoms with Gasteiger partial charge in [-0.3, -0.25) is 0 Å². The molecule has 0 saturated carbocycles. The number of esters is 1. The normalized spacial score (nSPS) is 11.5. The fraction of sp³-hybridized carbons (Fsp3) is 0.812. The molecule has 0 bridgehead atoms. The van der Waals surface area contributed by atoms with E-state index < -0.39 is 23.7 Å². The molecule has 0 aliphatic rings. The first-order chi connectivity index (χ1) is 12.0. The second-order valence-electron chi connectivity index (χ2n) is 5.23. The van der Waals surface area contributed by atoms with E-state index in [1.807, 2.05) is 0 Å². The van der Waals surface area contributed by atoms with Gasteiger partial charge in [-0.15, -0.1) is 0 Å². The Morgan fingerprint density at radius 2 is 1.24 bits per heavy atom. The van der Waals surface area contributed by atoms with E-state index in [0.29, 0.717) is 56.4 Å². The van der Waals surface area contributed by atoms with Crippen LogP contribution in [0.25, 0.3) is 0 Å². The Balaban J connectivity index is 4.68. The van der Waals surface area contributed by atoms with E-state index in [1.54, 1.807) is 28.3 Å². The van der Waals surface area contributed by atoms with Crippen LogP contribution in [0.2, 0.25) is 4.73 Å². The molecule has 0 aromatic carbocycles. The molecule has 0 atom stereocenters. The van der Waals surface area contributed by atoms with Crippen molar-refractivity contribution in [1.82, 2.24) is 0 Å². The van der Waals surface area contributed by atoms with Crippen LogP contribution in [0.1, 0.15) is 13.3 Å². The molecule has 0 rings (SSSR count). The molecule has 0 spiro atoms. The average Bonchev–Trinajstić information content (AvgIpc) is 2.59. The number of methoxy groups -OCH3 is 3. The maximum atomic E-state index is 11.5. The van der Waals surface area contributed by atoms with Crippen LogP contribution in [-0.4, -0.2) is 73.5 Å². The van der Waals surface area contributed by atoms with E-state index in [2.05, 4.69) is 6.58 Å². The molecule has 0 aromatic heterocycles. The molecule has 0 amide bonds. The van der Waals surface area contributed by atoms with Crippen LogP contribution >= 0.6 is 0 Å². The number of rotatable bonds is 17. The van der Waals surface area contributed by atoms with Gasteiger partial charge >= 0.3 is 155 Å². The summed E-state index contributed by atoms with van der Waals surface area (Å²) in [7, 11) is 4.81. The molecule has 148 valence electrons. The molecule has 0 heterocycles. The first kappa shape index (κ1) is 24.7. The summed E-state index contributed by atoms with van der Waals surface area (Å²) >= 11 is -3.55. The van der Waals surface area contributed by atoms with E-state index in [0.717, 1.165) is 0 Å². The van der Waals surface area contributed by atoms with Gasteiger partial charge in [0.2, 0.25) is 0 Å². The second-order valence-corrected chi connectivity index (χ2v) is 9.49. The van der Waals surface area contributed by atoms with Gasteiger partial charge in [0.1, 0.15) is 0 Å². The van der Waals surface area contributed by atoms with Gasteiger partial charge in [-0.2, -0.15) is 0 Å². The molecule has 0 radical (unpaired) electrons. The third kappa shape index (κ3) is 12.6. The zero-order valence-electron chi connectivity index (χ0n) is 15.8. The fourth-order valence-corrected chi connectivity index (χ4v) is 5.58. The van der Waals surface area contributed by atoms with Gasteiger partial charge in [0.25, 0.3) is 0 Å². The van der Waals surface area contributed by atoms with Crippen LogP contribution in [0.3, 0.4) is 0 Å². The molecule has 9 heteroatoms. The molecular weight excluding hydrogens is 368 g/mol. The number of ether oxygens (including phenoxy) is 4. The minimum absolute atomic E-state index is 0.258. The Labute approximate surface area is 155 Å². The summed E-state index contributed by atoms with van der Waals surface area (Å²) in [6.07, 6.45) is 0.575. The zero-order chi connectivity index (χ0) is 19.0. The van der Waals surface area contributed by atoms with Crippen molar-refractivity contribution >= 4 is 5.97 Å². The number of hydrogen-bond donors (Lipinski definition) is 0. The van der Waals surface area contributed by atoms with Crippen molar-refractivity contribution < 1.29 is 51.5 Å². The van der Waals surface area contributed by atoms with Gasteiger partial charge < -0.3 is 0 Å². The summed E-state index contributed by atoms with van der Waals surface area (Å²) in [6, 6.07) is 0. The Bertz CT molecular complexity index is 338. The van der Waals surface area contributed by atoms with Gasteiger partial charge in [0.15, 0.2) is 0 Å². The summed E-state index contributed by atoms with van der Waals surface area (Å²) < 4.78 is 38.7. The van der Waals surface area contributed by atoms with Crippen LogP contribution in [-0.2, 0) is 51.5 Å². The van der Waals surface area contributed by atoms with Crippen LogP contribution < -0.4 is 0 Å². The van der Waals surface area contributed by atoms with Crippen molar-refractivity contribution in [2.45, 2.75) is 18.1 Å². The van der Waals surface area contributed by atoms with E-state index in [1.165, 1.54) is 0 Å². The van der Waals surface area contributed by atoms with Crippen LogP contribution in [0.4, 0.5) is 0 Å². The van der Waals surface area contributed by atoms with Crippen molar-refractivity contribution in [3.05, 3.63) is 12.2 Å². The molecule has 0 unspecified atom stereocenters. The molecule has 0 aliphatic carbocycles. The summed E-state index contributed by atoms with van der Waals surface area (Å²) in [4.78, 5) is 11.5. The molecule has 0 saturated heterocycles. The number of carbonyl (C=O) groups is 1. The van der Waals surface area contributed by atoms with Crippen LogP contribution in [0.5, 0.6) is 0 Å². The van der Waals surface area contributed by atoms with Crippen LogP contribution in [0.15, 0.2) is 12.2 Å². The SMILES string of the molecule is C=C(C)C(=O)OCC[CH2][Ti]([O]CCOC)([O]CCOC)[O]CCOC. The van der Waals surface area contributed by atoms with Crippen molar-refractivity contribution in [3.63, 3.8) is 0 Å². The zero-order valence-corrected chi connectivity index (χ0v) is 17.4. The maximum absolute atomic E-state index is 11.5. The topological polar surface area (TPSA) is 81.7 Å². The Morgan fingerprint density at radius 3 is 1.60 bits per heavy atom. The third-order valence-corrected chi connectivity index (χ3v) is 7.56. The summed E-state index contributed by atoms with van der Waals surface area (Å²) in [5.41, 5.74) is 0.372. The Kier molecular flexibility index (Phi) is 15.7.